The Kier molecular flexibility index (Phi) is 177. The smallest absolute Gasteiger partial charge is 0.373 e. The zero-order valence-corrected chi connectivity index (χ0v) is 45.0. The average Bonchev–Trinajstić information content (AvgIpc) is 3.17. The van der Waals surface area contributed by atoms with Crippen LogP contribution in [0.1, 0.15) is 51.4 Å². The van der Waals surface area contributed by atoms with E-state index >= 15 is 0 Å². The van der Waals surface area contributed by atoms with Crippen LogP contribution in [-0.4, -0.2) is 105 Å². The molecule has 0 bridgehead atoms. The number of halogens is 4. The third-order valence-electron chi connectivity index (χ3n) is 4.46. The van der Waals surface area contributed by atoms with Crippen molar-refractivity contribution in [3.8, 4) is 0 Å². The first-order valence-electron chi connectivity index (χ1n) is 18.2. The van der Waals surface area contributed by atoms with Crippen LogP contribution in [0.2, 0.25) is 0 Å². The quantitative estimate of drug-likeness (QED) is 0.0140. The predicted molar refractivity (Wildman–Crippen MR) is 201 cm³/mol. The van der Waals surface area contributed by atoms with Gasteiger partial charge in [-0.1, -0.05) is 0 Å². The van der Waals surface area contributed by atoms with E-state index in [-0.39, 0.29) is 68.3 Å². The van der Waals surface area contributed by atoms with Crippen molar-refractivity contribution in [3.05, 3.63) is 63.9 Å². The van der Waals surface area contributed by atoms with Gasteiger partial charge < -0.3 is 111 Å². The Balaban J connectivity index is -0.0000000345. The van der Waals surface area contributed by atoms with Gasteiger partial charge in [0, 0.05) is 0 Å². The maximum atomic E-state index is 8.49. The molecule has 452 valence electrons. The molecule has 0 aliphatic heterocycles. The van der Waals surface area contributed by atoms with E-state index in [9.17, 15) is 0 Å². The molecule has 20 N–H and O–H groups in total. The molecule has 0 spiro atoms. The largest absolute Gasteiger partial charge is 2.00 e. The Bertz CT molecular complexity index is 816. The van der Waals surface area contributed by atoms with Crippen LogP contribution in [0, 0.1) is 41.0 Å². The van der Waals surface area contributed by atoms with E-state index in [1.807, 2.05) is 0 Å². The fraction of sp³-hybridized carbons (Fsp3) is 1.00. The van der Waals surface area contributed by atoms with Crippen molar-refractivity contribution in [2.45, 2.75) is 51.4 Å². The van der Waals surface area contributed by atoms with E-state index in [0.717, 1.165) is 156 Å². The van der Waals surface area contributed by atoms with E-state index in [0.29, 0.717) is 0 Å². The molecule has 0 rings (SSSR count). The number of hydrogen-bond acceptors (Lipinski definition) is 28. The van der Waals surface area contributed by atoms with E-state index in [4.69, 9.17) is 165 Å². The van der Waals surface area contributed by atoms with Crippen molar-refractivity contribution < 1.29 is 184 Å². The monoisotopic (exact) mass is 1340 g/mol. The summed E-state index contributed by atoms with van der Waals surface area (Å²) < 4.78 is 136. The molecule has 48 heteroatoms. The van der Waals surface area contributed by atoms with E-state index in [2.05, 4.69) is 21.3 Å². The Morgan fingerprint density at radius 1 is 0.236 bits per heavy atom. The molecule has 0 aromatic rings. The second-order valence-electron chi connectivity index (χ2n) is 10.0. The van der Waals surface area contributed by atoms with Gasteiger partial charge in [-0.05, 0) is 156 Å². The van der Waals surface area contributed by atoms with E-state index in [1.165, 1.54) is 19.6 Å². The first kappa shape index (κ1) is 115. The van der Waals surface area contributed by atoms with Gasteiger partial charge in [0.1, 0.15) is 0 Å². The minimum absolute atomic E-state index is 0. The van der Waals surface area contributed by atoms with Crippen molar-refractivity contribution in [2.24, 2.45) is 45.9 Å². The topological polar surface area (TPSA) is 860 Å². The third kappa shape index (κ3) is 594. The van der Waals surface area contributed by atoms with Gasteiger partial charge in [-0.25, -0.2) is 74.5 Å². The summed E-state index contributed by atoms with van der Waals surface area (Å²) >= 11 is 0. The molecule has 0 unspecified atom stereocenters. The number of nitrogens with one attached hydrogen (secondary N) is 4. The fourth-order valence-electron chi connectivity index (χ4n) is 2.32. The first-order chi connectivity index (χ1) is 31.3. The number of nitrogens with two attached hydrogens (primary N) is 8. The van der Waals surface area contributed by atoms with Gasteiger partial charge in [-0.2, -0.15) is 0 Å². The number of nitrogens with zero attached hydrogens (tertiary/aromatic N) is 12. The van der Waals surface area contributed by atoms with Crippen LogP contribution in [0.15, 0.2) is 0 Å². The summed E-state index contributed by atoms with van der Waals surface area (Å²) in [4.78, 5) is 6.00. The van der Waals surface area contributed by atoms with Gasteiger partial charge in [-0.15, -0.1) is 41.0 Å². The Labute approximate surface area is 468 Å². The minimum Gasteiger partial charge on any atom is -0.373 e. The van der Waals surface area contributed by atoms with Crippen LogP contribution in [0.5, 0.6) is 0 Å². The zero-order valence-electron chi connectivity index (χ0n) is 38.2. The molecule has 0 fully saturated rings. The summed E-state index contributed by atoms with van der Waals surface area (Å²) in [6, 6.07) is 0. The second-order valence-corrected chi connectivity index (χ2v) is 13.0. The van der Waals surface area contributed by atoms with Gasteiger partial charge in [0.05, 0.1) is 0 Å². The molecular weight excluding hydrogens is 1280 g/mol. The summed E-state index contributed by atoms with van der Waals surface area (Å²) in [5.41, 5.74) is 96.2. The summed E-state index contributed by atoms with van der Waals surface area (Å²) in [5, 5.41) is 12.9. The standard InChI is InChI=1S/4C6H17N3.4ClHO4.4Cu.4N3/c4*7-3-1-5-9-6-2-4-8;4*2-1(3,4)5;;;;;4*1-3-2/h4*9H,1-8H2;4*(H,2,3,4,5);;;;;;;;/q;;;;;;;;4*+2;4*-1/p-4. The summed E-state index contributed by atoms with van der Waals surface area (Å²) in [6.07, 6.45) is 8.48. The molecule has 0 amide bonds. The first-order valence-corrected chi connectivity index (χ1v) is 23.1. The Morgan fingerprint density at radius 3 is 0.333 bits per heavy atom. The third-order valence-corrected chi connectivity index (χ3v) is 4.46. The maximum Gasteiger partial charge on any atom is 2.00 e. The van der Waals surface area contributed by atoms with Gasteiger partial charge in [0.15, 0.2) is 0 Å². The molecular formula is C24H68Cl4Cu4N24O16. The van der Waals surface area contributed by atoms with Gasteiger partial charge in [0.25, 0.3) is 0 Å². The molecule has 4 radical (unpaired) electrons. The molecule has 0 saturated carbocycles. The van der Waals surface area contributed by atoms with Crippen molar-refractivity contribution in [3.63, 3.8) is 0 Å². The Morgan fingerprint density at radius 2 is 0.292 bits per heavy atom. The maximum absolute atomic E-state index is 8.49. The molecule has 0 aromatic carbocycles. The molecule has 0 atom stereocenters. The van der Waals surface area contributed by atoms with Crippen LogP contribution >= 0.6 is 0 Å². The van der Waals surface area contributed by atoms with Gasteiger partial charge in [-0.3, -0.25) is 19.6 Å². The molecule has 0 aliphatic carbocycles. The molecule has 0 aliphatic rings. The second kappa shape index (κ2) is 110. The van der Waals surface area contributed by atoms with Crippen LogP contribution in [0.25, 0.3) is 63.9 Å². The van der Waals surface area contributed by atoms with Gasteiger partial charge >= 0.3 is 68.3 Å². The summed E-state index contributed by atoms with van der Waals surface area (Å²) in [7, 11) is -19.8. The average molecular weight is 1340 g/mol. The number of hydrogen-bond donors (Lipinski definition) is 12. The summed E-state index contributed by atoms with van der Waals surface area (Å²) in [6.45, 7) is 14.4. The van der Waals surface area contributed by atoms with E-state index in [1.54, 1.807) is 0 Å². The molecule has 0 heterocycles. The van der Waals surface area contributed by atoms with Crippen molar-refractivity contribution in [2.75, 3.05) is 105 Å². The Hall–Kier alpha value is -0.642. The SMILES string of the molecule is NCCCNCCCN.NCCCNCCCN.NCCCNCCCN.NCCCNCCCN.[Cu+2].[Cu+2].[Cu+2].[Cu+2].[N-]=[N+]=[N-].[N-]=[N+]=[N-].[N-]=[N+]=[N-].[N-]=[N+]=[N-].[O-][Cl+3]([O-])([O-])[O-].[O-][Cl+3]([O-])([O-])[O-].[O-][Cl+3]([O-])([O-])[O-].[O-][Cl+3]([O-])([O-])[O-]. The summed E-state index contributed by atoms with van der Waals surface area (Å²) in [5.74, 6) is 0. The predicted octanol–water partition coefficient (Wildman–Crippen LogP) is -18.5. The van der Waals surface area contributed by atoms with Crippen LogP contribution in [0.3, 0.4) is 0 Å². The zero-order chi connectivity index (χ0) is 56.6. The van der Waals surface area contributed by atoms with Gasteiger partial charge in [0.2, 0.25) is 0 Å². The molecule has 40 nitrogen and oxygen atoms in total. The number of rotatable bonds is 24. The van der Waals surface area contributed by atoms with E-state index < -0.39 is 41.0 Å². The molecule has 0 aromatic heterocycles. The van der Waals surface area contributed by atoms with Crippen LogP contribution in [0.4, 0.5) is 0 Å². The minimum atomic E-state index is -4.94. The van der Waals surface area contributed by atoms with Crippen LogP contribution in [-0.2, 0) is 68.3 Å². The fourth-order valence-corrected chi connectivity index (χ4v) is 2.32. The molecule has 72 heavy (non-hydrogen) atoms. The van der Waals surface area contributed by atoms with Crippen LogP contribution < -0.4 is 142 Å². The normalized spacial score (nSPS) is 8.78. The van der Waals surface area contributed by atoms with Crippen molar-refractivity contribution >= 4 is 0 Å². The van der Waals surface area contributed by atoms with Crippen molar-refractivity contribution in [1.82, 2.24) is 21.3 Å². The van der Waals surface area contributed by atoms with Crippen molar-refractivity contribution in [1.29, 1.82) is 0 Å². The molecule has 0 saturated heterocycles.